The van der Waals surface area contributed by atoms with Gasteiger partial charge in [0.1, 0.15) is 0 Å². The van der Waals surface area contributed by atoms with Crippen molar-refractivity contribution in [1.82, 2.24) is 0 Å². The van der Waals surface area contributed by atoms with E-state index in [0.717, 1.165) is 12.8 Å². The van der Waals surface area contributed by atoms with Gasteiger partial charge in [-0.15, -0.1) is 0 Å². The molecule has 0 saturated heterocycles. The van der Waals surface area contributed by atoms with Crippen LogP contribution < -0.4 is 13.6 Å². The summed E-state index contributed by atoms with van der Waals surface area (Å²) in [5.41, 5.74) is 23.3. The fraction of sp³-hybridized carbons (Fsp3) is 0.188. The van der Waals surface area contributed by atoms with E-state index >= 15 is 0 Å². The van der Waals surface area contributed by atoms with Gasteiger partial charge >= 0.3 is 418 Å². The van der Waals surface area contributed by atoms with Crippen molar-refractivity contribution in [3.8, 4) is 55.6 Å². The maximum absolute atomic E-state index is 9.55. The Bertz CT molecular complexity index is 3170. The minimum absolute atomic E-state index is 0.162. The number of hydrogen-bond donors (Lipinski definition) is 0. The van der Waals surface area contributed by atoms with Crippen molar-refractivity contribution in [2.75, 3.05) is 0 Å². The third-order valence-corrected chi connectivity index (χ3v) is 38.5. The normalized spacial score (nSPS) is 16.8. The predicted octanol–water partition coefficient (Wildman–Crippen LogP) is 16.4. The van der Waals surface area contributed by atoms with Gasteiger partial charge in [-0.2, -0.15) is 0 Å². The summed E-state index contributed by atoms with van der Waals surface area (Å²) in [5.74, 6) is 0.675. The van der Waals surface area contributed by atoms with Crippen LogP contribution >= 0.6 is 17.0 Å². The van der Waals surface area contributed by atoms with Crippen LogP contribution in [-0.4, -0.2) is 9.52 Å². The quantitative estimate of drug-likeness (QED) is 0.113. The van der Waals surface area contributed by atoms with Crippen LogP contribution in [0.15, 0.2) is 187 Å². The van der Waals surface area contributed by atoms with Gasteiger partial charge in [-0.1, -0.05) is 0 Å². The van der Waals surface area contributed by atoms with Gasteiger partial charge in [-0.05, 0) is 0 Å². The first-order chi connectivity index (χ1) is 33.0. The zero-order chi connectivity index (χ0) is 46.9. The zero-order valence-corrected chi connectivity index (χ0v) is 45.5. The first-order valence-corrected chi connectivity index (χ1v) is 36.7. The molecule has 2 aliphatic carbocycles. The number of fused-ring (bicyclic) bond motifs is 5. The average molecular weight is 1020 g/mol. The topological polar surface area (TPSA) is 0 Å². The molecular formula is C64H59Cl2SiZr. The molecule has 2 unspecified atom stereocenters. The van der Waals surface area contributed by atoms with Crippen LogP contribution in [0.25, 0.3) is 67.8 Å². The molecule has 0 aromatic heterocycles. The number of halogens is 2. The van der Waals surface area contributed by atoms with Crippen molar-refractivity contribution in [3.05, 3.63) is 220 Å². The Morgan fingerprint density at radius 3 is 1.34 bits per heavy atom. The van der Waals surface area contributed by atoms with Gasteiger partial charge in [-0.25, -0.2) is 0 Å². The maximum atomic E-state index is 9.55. The van der Waals surface area contributed by atoms with Gasteiger partial charge in [-0.3, -0.25) is 0 Å². The molecule has 4 heteroatoms. The second kappa shape index (κ2) is 17.7. The second-order valence-corrected chi connectivity index (χ2v) is 42.5. The van der Waals surface area contributed by atoms with E-state index in [1.807, 2.05) is 0 Å². The summed E-state index contributed by atoms with van der Waals surface area (Å²) in [7, 11) is 18.2. The van der Waals surface area contributed by atoms with Crippen molar-refractivity contribution in [3.63, 3.8) is 0 Å². The van der Waals surface area contributed by atoms with Crippen LogP contribution in [0.1, 0.15) is 107 Å². The molecule has 2 atom stereocenters. The molecule has 0 fully saturated rings. The van der Waals surface area contributed by atoms with E-state index in [4.69, 9.17) is 0 Å². The minimum atomic E-state index is -5.81. The van der Waals surface area contributed by atoms with E-state index in [9.17, 15) is 17.0 Å². The van der Waals surface area contributed by atoms with Crippen LogP contribution in [0.4, 0.5) is 0 Å². The monoisotopic (exact) mass is 1020 g/mol. The van der Waals surface area contributed by atoms with E-state index < -0.39 is 25.9 Å². The van der Waals surface area contributed by atoms with E-state index in [0.29, 0.717) is 11.8 Å². The Morgan fingerprint density at radius 2 is 0.868 bits per heavy atom. The predicted molar refractivity (Wildman–Crippen MR) is 296 cm³/mol. The van der Waals surface area contributed by atoms with Crippen LogP contribution in [0, 0.1) is 0 Å². The van der Waals surface area contributed by atoms with Gasteiger partial charge in [0, 0.05) is 0 Å². The zero-order valence-electron chi connectivity index (χ0n) is 40.1. The van der Waals surface area contributed by atoms with Gasteiger partial charge in [0.25, 0.3) is 0 Å². The van der Waals surface area contributed by atoms with E-state index in [1.165, 1.54) is 114 Å². The van der Waals surface area contributed by atoms with Crippen molar-refractivity contribution < 1.29 is 16.4 Å². The molecule has 0 N–H and O–H groups in total. The molecule has 11 rings (SSSR count). The van der Waals surface area contributed by atoms with Gasteiger partial charge in [0.15, 0.2) is 0 Å². The molecule has 1 heterocycles. The first-order valence-electron chi connectivity index (χ1n) is 24.8. The number of rotatable bonds is 11. The Morgan fingerprint density at radius 1 is 0.441 bits per heavy atom. The molecule has 0 radical (unpaired) electrons. The van der Waals surface area contributed by atoms with E-state index in [1.54, 1.807) is 0 Å². The van der Waals surface area contributed by atoms with Crippen molar-refractivity contribution in [2.24, 2.45) is 0 Å². The third-order valence-electron chi connectivity index (χ3n) is 15.7. The summed E-state index contributed by atoms with van der Waals surface area (Å²) in [6, 6.07) is 65.8. The summed E-state index contributed by atoms with van der Waals surface area (Å²) >= 11 is -5.81. The van der Waals surface area contributed by atoms with Gasteiger partial charge < -0.3 is 0 Å². The molecule has 0 spiro atoms. The van der Waals surface area contributed by atoms with E-state index in [-0.39, 0.29) is 7.25 Å². The summed E-state index contributed by atoms with van der Waals surface area (Å²) in [5, 5.41) is 2.94. The molecule has 337 valence electrons. The van der Waals surface area contributed by atoms with Crippen LogP contribution in [0.3, 0.4) is 0 Å². The number of benzene rings is 8. The van der Waals surface area contributed by atoms with Gasteiger partial charge in [0.05, 0.1) is 0 Å². The molecule has 3 aliphatic rings. The number of allylic oxidation sites excluding steroid dienone is 2. The van der Waals surface area contributed by atoms with Crippen molar-refractivity contribution in [1.29, 1.82) is 0 Å². The van der Waals surface area contributed by atoms with Crippen LogP contribution in [0.5, 0.6) is 0 Å². The molecule has 0 nitrogen and oxygen atoms in total. The Hall–Kier alpha value is -5.08. The SMILES string of the molecule is CCC1=Cc2c(ccc(-c3ccccc3)c2-c2ccccc2C(C)C)[CH]1[Zr]([Cl])([Cl])([c]1cccc2c1[SiH2]c1ccccc1-2)[CH]1C(CC)=Cc2c1ccc(-c1ccccc1)c2-c1ccccc1C(C)C. The Kier molecular flexibility index (Phi) is 11.8. The van der Waals surface area contributed by atoms with E-state index in [2.05, 4.69) is 230 Å². The standard InChI is InChI=1S/2C26H25.C12H9Si.2ClH.Zr/c2*1-4-19-16-21-14-15-23(20-10-6-5-7-11-20)26(25(21)17-19)24-13-9-8-12-22(24)18(2)3;1-3-7-11-9(5-1)10-6-2-4-8-12(10)13-11;;;/h2*5-18H,4H2,1-3H3;1-7H,13H2;2*1H;/q;;;;;+2/p-2. The molecule has 0 bridgehead atoms. The molecule has 8 aromatic carbocycles. The molecule has 1 aliphatic heterocycles. The first kappa shape index (κ1) is 45.4. The van der Waals surface area contributed by atoms with Crippen LogP contribution in [-0.2, 0) is 16.4 Å². The van der Waals surface area contributed by atoms with Crippen molar-refractivity contribution in [2.45, 2.75) is 73.5 Å². The number of hydrogen-bond acceptors (Lipinski definition) is 0. The Labute approximate surface area is 414 Å². The van der Waals surface area contributed by atoms with Crippen LogP contribution in [0.2, 0.25) is 0 Å². The molecular weight excluding hydrogens is 959 g/mol. The molecule has 68 heavy (non-hydrogen) atoms. The Balaban J connectivity index is 1.25. The van der Waals surface area contributed by atoms with Crippen molar-refractivity contribution >= 4 is 52.3 Å². The molecule has 0 saturated carbocycles. The third kappa shape index (κ3) is 7.07. The summed E-state index contributed by atoms with van der Waals surface area (Å²) in [6.07, 6.45) is 6.79. The summed E-state index contributed by atoms with van der Waals surface area (Å²) in [4.78, 5) is 0. The molecule has 8 aromatic rings. The second-order valence-electron chi connectivity index (χ2n) is 20.0. The summed E-state index contributed by atoms with van der Waals surface area (Å²) in [6.45, 7) is 13.9. The molecule has 0 amide bonds. The fourth-order valence-corrected chi connectivity index (χ4v) is 41.0. The van der Waals surface area contributed by atoms with Gasteiger partial charge in [0.2, 0.25) is 0 Å². The summed E-state index contributed by atoms with van der Waals surface area (Å²) < 4.78 is 0.951. The fourth-order valence-electron chi connectivity index (χ4n) is 12.7. The average Bonchev–Trinajstić information content (AvgIpc) is 4.09.